The molecule has 0 spiro atoms. The minimum absolute atomic E-state index is 0.121. The summed E-state index contributed by atoms with van der Waals surface area (Å²) in [5, 5.41) is 13.4. The SMILES string of the molecule is Cc1cc(-c2cccc(CN3CCNC[C@@H]3C)c2)nc(CCCc2ccc(O)c(Cl)c2)n1. The van der Waals surface area contributed by atoms with Gasteiger partial charge >= 0.3 is 0 Å². The van der Waals surface area contributed by atoms with Crippen molar-refractivity contribution in [2.24, 2.45) is 0 Å². The number of phenols is 1. The summed E-state index contributed by atoms with van der Waals surface area (Å²) in [6.45, 7) is 8.44. The van der Waals surface area contributed by atoms with Gasteiger partial charge in [0, 0.05) is 49.9 Å². The number of phenolic OH excluding ortho intramolecular Hbond substituents is 1. The standard InChI is InChI=1S/C26H31ClN4O/c1-18-13-24(22-7-3-6-21(14-22)17-31-12-11-28-16-19(31)2)30-26(29-18)8-4-5-20-9-10-25(32)23(27)15-20/h3,6-7,9-10,13-15,19,28,32H,4-5,8,11-12,16-17H2,1-2H3/t19-/m0/s1. The molecular weight excluding hydrogens is 420 g/mol. The van der Waals surface area contributed by atoms with Crippen LogP contribution in [0.25, 0.3) is 11.3 Å². The van der Waals surface area contributed by atoms with Crippen molar-refractivity contribution in [2.75, 3.05) is 19.6 Å². The Morgan fingerprint density at radius 3 is 2.78 bits per heavy atom. The van der Waals surface area contributed by atoms with Crippen LogP contribution < -0.4 is 5.32 Å². The van der Waals surface area contributed by atoms with E-state index in [1.165, 1.54) is 5.56 Å². The average molecular weight is 451 g/mol. The molecule has 0 unspecified atom stereocenters. The Morgan fingerprint density at radius 1 is 1.09 bits per heavy atom. The quantitative estimate of drug-likeness (QED) is 0.542. The maximum absolute atomic E-state index is 9.58. The zero-order chi connectivity index (χ0) is 22.5. The van der Waals surface area contributed by atoms with Crippen LogP contribution in [0.4, 0.5) is 0 Å². The van der Waals surface area contributed by atoms with Crippen LogP contribution in [0.1, 0.15) is 36.0 Å². The van der Waals surface area contributed by atoms with E-state index in [9.17, 15) is 5.11 Å². The van der Waals surface area contributed by atoms with Gasteiger partial charge in [-0.25, -0.2) is 9.97 Å². The lowest BCUT2D eigenvalue weighted by atomic mass is 10.1. The number of hydrogen-bond acceptors (Lipinski definition) is 5. The Balaban J connectivity index is 1.44. The molecule has 5 nitrogen and oxygen atoms in total. The van der Waals surface area contributed by atoms with E-state index in [-0.39, 0.29) is 5.75 Å². The first-order chi connectivity index (χ1) is 15.5. The van der Waals surface area contributed by atoms with E-state index in [1.807, 2.05) is 19.1 Å². The highest BCUT2D eigenvalue weighted by molar-refractivity contribution is 6.32. The summed E-state index contributed by atoms with van der Waals surface area (Å²) < 4.78 is 0. The summed E-state index contributed by atoms with van der Waals surface area (Å²) in [7, 11) is 0. The van der Waals surface area contributed by atoms with Gasteiger partial charge in [0.05, 0.1) is 10.7 Å². The number of aromatic nitrogens is 2. The lowest BCUT2D eigenvalue weighted by molar-refractivity contribution is 0.165. The first kappa shape index (κ1) is 22.7. The Bertz CT molecular complexity index is 1070. The van der Waals surface area contributed by atoms with Gasteiger partial charge in [0.2, 0.25) is 0 Å². The number of nitrogens with zero attached hydrogens (tertiary/aromatic N) is 3. The van der Waals surface area contributed by atoms with Crippen LogP contribution in [0.15, 0.2) is 48.5 Å². The zero-order valence-corrected chi connectivity index (χ0v) is 19.6. The number of nitrogens with one attached hydrogen (secondary N) is 1. The second-order valence-corrected chi connectivity index (χ2v) is 9.08. The van der Waals surface area contributed by atoms with Gasteiger partial charge in [-0.3, -0.25) is 4.90 Å². The summed E-state index contributed by atoms with van der Waals surface area (Å²) in [6, 6.07) is 16.7. The summed E-state index contributed by atoms with van der Waals surface area (Å²) in [5.74, 6) is 0.988. The van der Waals surface area contributed by atoms with Gasteiger partial charge in [-0.05, 0) is 62.1 Å². The fourth-order valence-electron chi connectivity index (χ4n) is 4.23. The first-order valence-corrected chi connectivity index (χ1v) is 11.7. The normalized spacial score (nSPS) is 16.9. The van der Waals surface area contributed by atoms with Gasteiger partial charge in [0.25, 0.3) is 0 Å². The molecule has 4 rings (SSSR count). The Kier molecular flexibility index (Phi) is 7.40. The molecule has 32 heavy (non-hydrogen) atoms. The van der Waals surface area contributed by atoms with E-state index < -0.39 is 0 Å². The first-order valence-electron chi connectivity index (χ1n) is 11.3. The minimum atomic E-state index is 0.121. The topological polar surface area (TPSA) is 61.3 Å². The molecule has 1 aliphatic heterocycles. The molecule has 0 bridgehead atoms. The molecule has 0 amide bonds. The number of benzene rings is 2. The highest BCUT2D eigenvalue weighted by Crippen LogP contribution is 2.25. The molecule has 1 saturated heterocycles. The van der Waals surface area contributed by atoms with Crippen molar-refractivity contribution in [1.29, 1.82) is 0 Å². The monoisotopic (exact) mass is 450 g/mol. The van der Waals surface area contributed by atoms with Crippen LogP contribution in [0.2, 0.25) is 5.02 Å². The van der Waals surface area contributed by atoms with Crippen molar-refractivity contribution >= 4 is 11.6 Å². The van der Waals surface area contributed by atoms with E-state index in [1.54, 1.807) is 6.07 Å². The maximum Gasteiger partial charge on any atom is 0.134 e. The van der Waals surface area contributed by atoms with Crippen LogP contribution in [0.5, 0.6) is 5.75 Å². The third-order valence-corrected chi connectivity index (χ3v) is 6.33. The number of halogens is 1. The van der Waals surface area contributed by atoms with Gasteiger partial charge in [0.1, 0.15) is 11.6 Å². The molecule has 1 aliphatic rings. The number of aryl methyl sites for hydroxylation is 3. The molecule has 1 aromatic heterocycles. The molecule has 0 aliphatic carbocycles. The Labute approximate surface area is 195 Å². The van der Waals surface area contributed by atoms with Gasteiger partial charge in [-0.2, -0.15) is 0 Å². The highest BCUT2D eigenvalue weighted by atomic mass is 35.5. The molecule has 2 N–H and O–H groups in total. The molecule has 0 radical (unpaired) electrons. The molecule has 2 aromatic carbocycles. The van der Waals surface area contributed by atoms with Crippen molar-refractivity contribution in [3.8, 4) is 17.0 Å². The third-order valence-electron chi connectivity index (χ3n) is 6.03. The second kappa shape index (κ2) is 10.4. The van der Waals surface area contributed by atoms with E-state index in [2.05, 4.69) is 52.5 Å². The molecule has 0 saturated carbocycles. The highest BCUT2D eigenvalue weighted by Gasteiger charge is 2.18. The van der Waals surface area contributed by atoms with Gasteiger partial charge < -0.3 is 10.4 Å². The number of hydrogen-bond donors (Lipinski definition) is 2. The summed E-state index contributed by atoms with van der Waals surface area (Å²) >= 11 is 6.02. The molecule has 168 valence electrons. The van der Waals surface area contributed by atoms with Gasteiger partial charge in [-0.1, -0.05) is 35.9 Å². The predicted octanol–water partition coefficient (Wildman–Crippen LogP) is 4.78. The number of aromatic hydroxyl groups is 1. The zero-order valence-electron chi connectivity index (χ0n) is 18.8. The summed E-state index contributed by atoms with van der Waals surface area (Å²) in [4.78, 5) is 12.1. The Hall–Kier alpha value is -2.47. The van der Waals surface area contributed by atoms with Crippen LogP contribution in [-0.2, 0) is 19.4 Å². The summed E-state index contributed by atoms with van der Waals surface area (Å²) in [5.41, 5.74) is 5.53. The average Bonchev–Trinajstić information content (AvgIpc) is 2.78. The van der Waals surface area contributed by atoms with E-state index in [4.69, 9.17) is 16.6 Å². The van der Waals surface area contributed by atoms with Crippen LogP contribution in [0, 0.1) is 6.92 Å². The van der Waals surface area contributed by atoms with E-state index >= 15 is 0 Å². The smallest absolute Gasteiger partial charge is 0.134 e. The number of rotatable bonds is 7. The van der Waals surface area contributed by atoms with Crippen molar-refractivity contribution in [3.05, 3.63) is 76.2 Å². The second-order valence-electron chi connectivity index (χ2n) is 8.67. The van der Waals surface area contributed by atoms with E-state index in [0.717, 1.165) is 73.8 Å². The molecule has 6 heteroatoms. The van der Waals surface area contributed by atoms with Crippen molar-refractivity contribution in [2.45, 2.75) is 45.7 Å². The molecule has 3 aromatic rings. The minimum Gasteiger partial charge on any atom is -0.506 e. The predicted molar refractivity (Wildman–Crippen MR) is 130 cm³/mol. The molecule has 2 heterocycles. The maximum atomic E-state index is 9.58. The largest absolute Gasteiger partial charge is 0.506 e. The van der Waals surface area contributed by atoms with Gasteiger partial charge in [-0.15, -0.1) is 0 Å². The lowest BCUT2D eigenvalue weighted by Crippen LogP contribution is -2.49. The third kappa shape index (κ3) is 5.85. The Morgan fingerprint density at radius 2 is 1.97 bits per heavy atom. The molecule has 1 atom stereocenters. The van der Waals surface area contributed by atoms with Crippen LogP contribution in [-0.4, -0.2) is 45.7 Å². The number of piperazine rings is 1. The van der Waals surface area contributed by atoms with Crippen molar-refractivity contribution in [1.82, 2.24) is 20.2 Å². The van der Waals surface area contributed by atoms with Crippen molar-refractivity contribution < 1.29 is 5.11 Å². The fraction of sp³-hybridized carbons (Fsp3) is 0.385. The molecule has 1 fully saturated rings. The van der Waals surface area contributed by atoms with Crippen LogP contribution >= 0.6 is 11.6 Å². The summed E-state index contributed by atoms with van der Waals surface area (Å²) in [6.07, 6.45) is 2.58. The van der Waals surface area contributed by atoms with Gasteiger partial charge in [0.15, 0.2) is 0 Å². The lowest BCUT2D eigenvalue weighted by Gasteiger charge is -2.33. The van der Waals surface area contributed by atoms with E-state index in [0.29, 0.717) is 11.1 Å². The van der Waals surface area contributed by atoms with Crippen molar-refractivity contribution in [3.63, 3.8) is 0 Å². The van der Waals surface area contributed by atoms with Crippen LogP contribution in [0.3, 0.4) is 0 Å². The molecular formula is C26H31ClN4O. The fourth-order valence-corrected chi connectivity index (χ4v) is 4.43.